The fourth-order valence-corrected chi connectivity index (χ4v) is 4.08. The Kier molecular flexibility index (Phi) is 5.83. The van der Waals surface area contributed by atoms with Crippen molar-refractivity contribution in [2.75, 3.05) is 34.0 Å². The van der Waals surface area contributed by atoms with Gasteiger partial charge in [0.25, 0.3) is 0 Å². The Morgan fingerprint density at radius 1 is 1.24 bits per heavy atom. The highest BCUT2D eigenvalue weighted by molar-refractivity contribution is 6.32. The normalized spacial score (nSPS) is 20.1. The largest absolute Gasteiger partial charge is 0.497 e. The van der Waals surface area contributed by atoms with Crippen molar-refractivity contribution in [1.82, 2.24) is 5.32 Å². The highest BCUT2D eigenvalue weighted by atomic mass is 35.5. The maximum absolute atomic E-state index is 12.2. The van der Waals surface area contributed by atoms with Gasteiger partial charge < -0.3 is 24.3 Å². The van der Waals surface area contributed by atoms with Crippen molar-refractivity contribution in [2.24, 2.45) is 5.92 Å². The lowest BCUT2D eigenvalue weighted by Crippen LogP contribution is -2.38. The number of fused-ring (bicyclic) bond motifs is 1. The fourth-order valence-electron chi connectivity index (χ4n) is 3.80. The van der Waals surface area contributed by atoms with Gasteiger partial charge in [0.2, 0.25) is 5.91 Å². The molecule has 0 spiro atoms. The summed E-state index contributed by atoms with van der Waals surface area (Å²) in [7, 11) is 3.27. The number of rotatable bonds is 6. The van der Waals surface area contributed by atoms with Gasteiger partial charge in [-0.25, -0.2) is 0 Å². The van der Waals surface area contributed by atoms with Crippen molar-refractivity contribution in [1.29, 1.82) is 0 Å². The summed E-state index contributed by atoms with van der Waals surface area (Å²) in [6, 6.07) is 9.58. The molecule has 6 nitrogen and oxygen atoms in total. The summed E-state index contributed by atoms with van der Waals surface area (Å²) in [5, 5.41) is 3.52. The highest BCUT2D eigenvalue weighted by Crippen LogP contribution is 2.42. The molecule has 2 heterocycles. The van der Waals surface area contributed by atoms with Crippen molar-refractivity contribution in [3.8, 4) is 28.4 Å². The number of carbonyl (C=O) groups excluding carboxylic acids is 1. The zero-order valence-corrected chi connectivity index (χ0v) is 17.3. The first-order valence-corrected chi connectivity index (χ1v) is 10.0. The predicted octanol–water partition coefficient (Wildman–Crippen LogP) is 3.48. The lowest BCUT2D eigenvalue weighted by Gasteiger charge is -2.14. The van der Waals surface area contributed by atoms with Crippen molar-refractivity contribution < 1.29 is 23.7 Å². The number of halogens is 1. The van der Waals surface area contributed by atoms with E-state index in [1.165, 1.54) is 0 Å². The Labute approximate surface area is 175 Å². The lowest BCUT2D eigenvalue weighted by atomic mass is 9.99. The van der Waals surface area contributed by atoms with Crippen LogP contribution in [-0.2, 0) is 16.0 Å². The Hall–Kier alpha value is -2.44. The van der Waals surface area contributed by atoms with Crippen LogP contribution in [0.2, 0.25) is 5.02 Å². The van der Waals surface area contributed by atoms with Gasteiger partial charge in [-0.3, -0.25) is 4.79 Å². The van der Waals surface area contributed by atoms with Crippen LogP contribution in [0.1, 0.15) is 12.0 Å². The third kappa shape index (κ3) is 4.14. The number of hydrogen-bond acceptors (Lipinski definition) is 5. The molecular formula is C22H24ClNO5. The van der Waals surface area contributed by atoms with E-state index in [0.717, 1.165) is 34.6 Å². The van der Waals surface area contributed by atoms with E-state index in [2.05, 4.69) is 11.4 Å². The number of amides is 1. The Morgan fingerprint density at radius 3 is 2.83 bits per heavy atom. The standard InChI is InChI=1S/C22H24ClNO5/c1-26-16-3-4-20(27-2)18(10-16)14-7-15-8-17(29-21(15)19(23)9-14)11-24-22(25)13-5-6-28-12-13/h3-4,7,9-10,13,17H,5-6,8,11-12H2,1-2H3,(H,24,25)/t13-,17+/m0/s1. The second-order valence-electron chi connectivity index (χ2n) is 7.26. The topological polar surface area (TPSA) is 66.0 Å². The van der Waals surface area contributed by atoms with E-state index in [1.54, 1.807) is 14.2 Å². The van der Waals surface area contributed by atoms with Gasteiger partial charge in [-0.15, -0.1) is 0 Å². The van der Waals surface area contributed by atoms with E-state index in [0.29, 0.717) is 37.0 Å². The van der Waals surface area contributed by atoms with E-state index in [1.807, 2.05) is 24.3 Å². The SMILES string of the molecule is COc1ccc(OC)c(-c2cc(Cl)c3c(c2)C[C@H](CNC(=O)[C@H]2CCOC2)O3)c1. The molecule has 2 aliphatic heterocycles. The zero-order valence-electron chi connectivity index (χ0n) is 16.5. The second-order valence-corrected chi connectivity index (χ2v) is 7.67. The quantitative estimate of drug-likeness (QED) is 0.779. The van der Waals surface area contributed by atoms with Crippen LogP contribution in [-0.4, -0.2) is 46.0 Å². The fraction of sp³-hybridized carbons (Fsp3) is 0.409. The Bertz CT molecular complexity index is 910. The minimum absolute atomic E-state index is 0.0231. The molecular weight excluding hydrogens is 394 g/mol. The zero-order chi connectivity index (χ0) is 20.4. The summed E-state index contributed by atoms with van der Waals surface area (Å²) in [5.41, 5.74) is 2.84. The van der Waals surface area contributed by atoms with E-state index < -0.39 is 0 Å². The molecule has 2 aromatic carbocycles. The van der Waals surface area contributed by atoms with E-state index in [4.69, 9.17) is 30.5 Å². The van der Waals surface area contributed by atoms with Crippen LogP contribution in [0.15, 0.2) is 30.3 Å². The Balaban J connectivity index is 1.50. The smallest absolute Gasteiger partial charge is 0.225 e. The summed E-state index contributed by atoms with van der Waals surface area (Å²) in [6.45, 7) is 1.59. The number of benzene rings is 2. The molecule has 4 rings (SSSR count). The molecule has 7 heteroatoms. The third-order valence-corrected chi connectivity index (χ3v) is 5.66. The van der Waals surface area contributed by atoms with E-state index in [-0.39, 0.29) is 17.9 Å². The first-order valence-electron chi connectivity index (χ1n) is 9.66. The average Bonchev–Trinajstić information content (AvgIpc) is 3.41. The van der Waals surface area contributed by atoms with Gasteiger partial charge in [0.05, 0.1) is 38.3 Å². The Morgan fingerprint density at radius 2 is 2.10 bits per heavy atom. The molecule has 0 aromatic heterocycles. The molecule has 0 bridgehead atoms. The third-order valence-electron chi connectivity index (χ3n) is 5.37. The number of methoxy groups -OCH3 is 2. The number of ether oxygens (including phenoxy) is 4. The van der Waals surface area contributed by atoms with E-state index >= 15 is 0 Å². The van der Waals surface area contributed by atoms with Crippen LogP contribution >= 0.6 is 11.6 Å². The van der Waals surface area contributed by atoms with Gasteiger partial charge in [-0.2, -0.15) is 0 Å². The van der Waals surface area contributed by atoms with Crippen molar-refractivity contribution in [3.63, 3.8) is 0 Å². The van der Waals surface area contributed by atoms with Gasteiger partial charge in [-0.1, -0.05) is 11.6 Å². The molecule has 29 heavy (non-hydrogen) atoms. The lowest BCUT2D eigenvalue weighted by molar-refractivity contribution is -0.125. The van der Waals surface area contributed by atoms with Crippen molar-refractivity contribution in [2.45, 2.75) is 18.9 Å². The molecule has 0 radical (unpaired) electrons. The molecule has 1 N–H and O–H groups in total. The van der Waals surface area contributed by atoms with Crippen LogP contribution in [0.4, 0.5) is 0 Å². The average molecular weight is 418 g/mol. The minimum Gasteiger partial charge on any atom is -0.497 e. The molecule has 0 saturated carbocycles. The first kappa shape index (κ1) is 19.9. The molecule has 1 amide bonds. The molecule has 1 fully saturated rings. The molecule has 2 aromatic rings. The molecule has 0 unspecified atom stereocenters. The maximum Gasteiger partial charge on any atom is 0.225 e. The number of nitrogens with one attached hydrogen (secondary N) is 1. The predicted molar refractivity (Wildman–Crippen MR) is 110 cm³/mol. The number of carbonyl (C=O) groups is 1. The molecule has 1 saturated heterocycles. The number of hydrogen-bond donors (Lipinski definition) is 1. The van der Waals surface area contributed by atoms with Crippen molar-refractivity contribution in [3.05, 3.63) is 40.9 Å². The van der Waals surface area contributed by atoms with Gasteiger partial charge in [0.15, 0.2) is 0 Å². The highest BCUT2D eigenvalue weighted by Gasteiger charge is 2.29. The van der Waals surface area contributed by atoms with Gasteiger partial charge in [0.1, 0.15) is 23.4 Å². The van der Waals surface area contributed by atoms with Crippen LogP contribution < -0.4 is 19.5 Å². The van der Waals surface area contributed by atoms with Gasteiger partial charge in [-0.05, 0) is 42.3 Å². The maximum atomic E-state index is 12.2. The summed E-state index contributed by atoms with van der Waals surface area (Å²) >= 11 is 6.52. The van der Waals surface area contributed by atoms with Crippen LogP contribution in [0.5, 0.6) is 17.2 Å². The summed E-state index contributed by atoms with van der Waals surface area (Å²) in [6.07, 6.45) is 1.31. The molecule has 2 aliphatic rings. The van der Waals surface area contributed by atoms with Crippen LogP contribution in [0, 0.1) is 5.92 Å². The monoisotopic (exact) mass is 417 g/mol. The summed E-state index contributed by atoms with van der Waals surface area (Å²) < 4.78 is 22.1. The molecule has 2 atom stereocenters. The summed E-state index contributed by atoms with van der Waals surface area (Å²) in [5.74, 6) is 2.12. The molecule has 0 aliphatic carbocycles. The van der Waals surface area contributed by atoms with Crippen LogP contribution in [0.25, 0.3) is 11.1 Å². The van der Waals surface area contributed by atoms with Gasteiger partial charge in [0, 0.05) is 24.2 Å². The molecule has 154 valence electrons. The van der Waals surface area contributed by atoms with Crippen molar-refractivity contribution >= 4 is 17.5 Å². The summed E-state index contributed by atoms with van der Waals surface area (Å²) in [4.78, 5) is 12.2. The second kappa shape index (κ2) is 8.51. The first-order chi connectivity index (χ1) is 14.1. The van der Waals surface area contributed by atoms with Crippen LogP contribution in [0.3, 0.4) is 0 Å². The van der Waals surface area contributed by atoms with E-state index in [9.17, 15) is 4.79 Å². The van der Waals surface area contributed by atoms with Gasteiger partial charge >= 0.3 is 0 Å². The minimum atomic E-state index is -0.142.